The van der Waals surface area contributed by atoms with Crippen LogP contribution in [0, 0.1) is 0 Å². The minimum atomic E-state index is 0. The normalized spacial score (nSPS) is 17.7. The Bertz CT molecular complexity index is 420. The van der Waals surface area contributed by atoms with Gasteiger partial charge in [0, 0.05) is 25.2 Å². The maximum absolute atomic E-state index is 12.3. The average Bonchev–Trinajstić information content (AvgIpc) is 2.91. The molecule has 1 unspecified atom stereocenters. The molecule has 0 aromatic heterocycles. The second-order valence-electron chi connectivity index (χ2n) is 4.52. The lowest BCUT2D eigenvalue weighted by atomic mass is 10.1. The number of ether oxygens (including phenoxy) is 1. The van der Waals surface area contributed by atoms with E-state index in [1.807, 2.05) is 43.1 Å². The monoisotopic (exact) mass is 284 g/mol. The Morgan fingerprint density at radius 2 is 2.32 bits per heavy atom. The number of rotatable bonds is 4. The first-order chi connectivity index (χ1) is 8.72. The Hall–Kier alpha value is -1.26. The molecule has 1 atom stereocenters. The summed E-state index contributed by atoms with van der Waals surface area (Å²) in [6.07, 6.45) is 1.02. The number of carbonyl (C=O) groups excluding carboxylic acids is 1. The van der Waals surface area contributed by atoms with Crippen molar-refractivity contribution in [1.82, 2.24) is 10.2 Å². The number of amides is 1. The highest BCUT2D eigenvalue weighted by molar-refractivity contribution is 5.94. The molecule has 1 aliphatic rings. The Labute approximate surface area is 120 Å². The van der Waals surface area contributed by atoms with Crippen molar-refractivity contribution in [2.75, 3.05) is 26.7 Å². The van der Waals surface area contributed by atoms with E-state index in [1.54, 1.807) is 0 Å². The largest absolute Gasteiger partial charge is 0.494 e. The lowest BCUT2D eigenvalue weighted by Gasteiger charge is -2.24. The van der Waals surface area contributed by atoms with Crippen LogP contribution in [0.2, 0.25) is 0 Å². The van der Waals surface area contributed by atoms with E-state index in [9.17, 15) is 4.79 Å². The first-order valence-electron chi connectivity index (χ1n) is 6.43. The fraction of sp³-hybridized carbons (Fsp3) is 0.500. The number of carbonyl (C=O) groups is 1. The van der Waals surface area contributed by atoms with E-state index < -0.39 is 0 Å². The van der Waals surface area contributed by atoms with Crippen molar-refractivity contribution in [3.8, 4) is 5.75 Å². The van der Waals surface area contributed by atoms with Crippen molar-refractivity contribution in [3.63, 3.8) is 0 Å². The third-order valence-electron chi connectivity index (χ3n) is 3.29. The van der Waals surface area contributed by atoms with Gasteiger partial charge in [-0.25, -0.2) is 0 Å². The lowest BCUT2D eigenvalue weighted by Crippen LogP contribution is -2.38. The highest BCUT2D eigenvalue weighted by atomic mass is 35.5. The summed E-state index contributed by atoms with van der Waals surface area (Å²) < 4.78 is 5.42. The molecular formula is C14H21ClN2O2. The van der Waals surface area contributed by atoms with E-state index in [1.165, 1.54) is 0 Å². The van der Waals surface area contributed by atoms with Gasteiger partial charge in [0.25, 0.3) is 5.91 Å². The molecule has 1 heterocycles. The molecule has 5 heteroatoms. The van der Waals surface area contributed by atoms with Gasteiger partial charge in [-0.05, 0) is 38.1 Å². The Kier molecular flexibility index (Phi) is 6.12. The standard InChI is InChI=1S/C14H20N2O2.ClH/c1-3-18-13-6-4-5-11(9-13)14(17)16(2)12-7-8-15-10-12;/h4-6,9,12,15H,3,7-8,10H2,1-2H3;1H. The molecule has 0 bridgehead atoms. The molecule has 1 aliphatic heterocycles. The van der Waals surface area contributed by atoms with Crippen LogP contribution in [-0.2, 0) is 0 Å². The van der Waals surface area contributed by atoms with E-state index in [2.05, 4.69) is 5.32 Å². The zero-order chi connectivity index (χ0) is 13.0. The van der Waals surface area contributed by atoms with Crippen molar-refractivity contribution in [3.05, 3.63) is 29.8 Å². The van der Waals surface area contributed by atoms with Gasteiger partial charge in [-0.2, -0.15) is 0 Å². The summed E-state index contributed by atoms with van der Waals surface area (Å²) in [6, 6.07) is 7.68. The predicted molar refractivity (Wildman–Crippen MR) is 78.2 cm³/mol. The Morgan fingerprint density at radius 3 is 2.95 bits per heavy atom. The summed E-state index contributed by atoms with van der Waals surface area (Å²) in [5.74, 6) is 0.812. The number of benzene rings is 1. The first kappa shape index (κ1) is 15.8. The zero-order valence-electron chi connectivity index (χ0n) is 11.4. The quantitative estimate of drug-likeness (QED) is 0.919. The van der Waals surface area contributed by atoms with E-state index in [0.29, 0.717) is 18.2 Å². The minimum Gasteiger partial charge on any atom is -0.494 e. The van der Waals surface area contributed by atoms with Crippen LogP contribution < -0.4 is 10.1 Å². The summed E-state index contributed by atoms with van der Waals surface area (Å²) in [6.45, 7) is 4.42. The molecule has 19 heavy (non-hydrogen) atoms. The lowest BCUT2D eigenvalue weighted by molar-refractivity contribution is 0.0743. The minimum absolute atomic E-state index is 0. The van der Waals surface area contributed by atoms with E-state index >= 15 is 0 Å². The summed E-state index contributed by atoms with van der Waals surface area (Å²) in [5, 5.41) is 3.27. The van der Waals surface area contributed by atoms with Gasteiger partial charge < -0.3 is 15.0 Å². The van der Waals surface area contributed by atoms with Crippen LogP contribution in [0.4, 0.5) is 0 Å². The summed E-state index contributed by atoms with van der Waals surface area (Å²) >= 11 is 0. The summed E-state index contributed by atoms with van der Waals surface area (Å²) in [4.78, 5) is 14.2. The van der Waals surface area contributed by atoms with Crippen molar-refractivity contribution in [1.29, 1.82) is 0 Å². The topological polar surface area (TPSA) is 41.6 Å². The van der Waals surface area contributed by atoms with Gasteiger partial charge in [0.2, 0.25) is 0 Å². The SMILES string of the molecule is CCOc1cccc(C(=O)N(C)C2CCNC2)c1.Cl. The molecule has 0 spiro atoms. The summed E-state index contributed by atoms with van der Waals surface area (Å²) in [7, 11) is 1.87. The molecule has 0 radical (unpaired) electrons. The van der Waals surface area contributed by atoms with Crippen molar-refractivity contribution >= 4 is 18.3 Å². The van der Waals surface area contributed by atoms with Crippen LogP contribution in [0.25, 0.3) is 0 Å². The molecule has 1 fully saturated rings. The van der Waals surface area contributed by atoms with Crippen LogP contribution in [0.1, 0.15) is 23.7 Å². The molecule has 1 aromatic carbocycles. The number of halogens is 1. The molecule has 0 saturated carbocycles. The smallest absolute Gasteiger partial charge is 0.254 e. The average molecular weight is 285 g/mol. The Morgan fingerprint density at radius 1 is 1.53 bits per heavy atom. The summed E-state index contributed by atoms with van der Waals surface area (Å²) in [5.41, 5.74) is 0.690. The highest BCUT2D eigenvalue weighted by Gasteiger charge is 2.24. The fourth-order valence-corrected chi connectivity index (χ4v) is 2.23. The number of likely N-dealkylation sites (N-methyl/N-ethyl adjacent to an activating group) is 1. The second kappa shape index (κ2) is 7.36. The van der Waals surface area contributed by atoms with Crippen molar-refractivity contribution < 1.29 is 9.53 Å². The number of hydrogen-bond donors (Lipinski definition) is 1. The van der Waals surface area contributed by atoms with Gasteiger partial charge in [0.1, 0.15) is 5.75 Å². The van der Waals surface area contributed by atoms with E-state index in [-0.39, 0.29) is 18.3 Å². The molecule has 1 aromatic rings. The van der Waals surface area contributed by atoms with Crippen molar-refractivity contribution in [2.45, 2.75) is 19.4 Å². The van der Waals surface area contributed by atoms with Gasteiger partial charge in [-0.3, -0.25) is 4.79 Å². The fourth-order valence-electron chi connectivity index (χ4n) is 2.23. The third kappa shape index (κ3) is 3.85. The van der Waals surface area contributed by atoms with Crippen LogP contribution in [-0.4, -0.2) is 43.6 Å². The third-order valence-corrected chi connectivity index (χ3v) is 3.29. The maximum atomic E-state index is 12.3. The number of nitrogens with one attached hydrogen (secondary N) is 1. The van der Waals surface area contributed by atoms with Gasteiger partial charge in [-0.15, -0.1) is 12.4 Å². The maximum Gasteiger partial charge on any atom is 0.254 e. The van der Waals surface area contributed by atoms with Crippen LogP contribution >= 0.6 is 12.4 Å². The number of nitrogens with zero attached hydrogens (tertiary/aromatic N) is 1. The van der Waals surface area contributed by atoms with Gasteiger partial charge >= 0.3 is 0 Å². The first-order valence-corrected chi connectivity index (χ1v) is 6.43. The second-order valence-corrected chi connectivity index (χ2v) is 4.52. The number of hydrogen-bond acceptors (Lipinski definition) is 3. The van der Waals surface area contributed by atoms with Crippen LogP contribution in [0.15, 0.2) is 24.3 Å². The highest BCUT2D eigenvalue weighted by Crippen LogP contribution is 2.16. The molecule has 2 rings (SSSR count). The van der Waals surface area contributed by atoms with Crippen LogP contribution in [0.5, 0.6) is 5.75 Å². The molecular weight excluding hydrogens is 264 g/mol. The van der Waals surface area contributed by atoms with Crippen molar-refractivity contribution in [2.24, 2.45) is 0 Å². The molecule has 1 N–H and O–H groups in total. The molecule has 1 amide bonds. The van der Waals surface area contributed by atoms with Crippen LogP contribution in [0.3, 0.4) is 0 Å². The molecule has 1 saturated heterocycles. The van der Waals surface area contributed by atoms with E-state index in [0.717, 1.165) is 25.3 Å². The van der Waals surface area contributed by atoms with Gasteiger partial charge in [0.05, 0.1) is 6.61 Å². The molecule has 0 aliphatic carbocycles. The predicted octanol–water partition coefficient (Wildman–Crippen LogP) is 1.94. The Balaban J connectivity index is 0.00000180. The van der Waals surface area contributed by atoms with Gasteiger partial charge in [-0.1, -0.05) is 6.07 Å². The molecule has 4 nitrogen and oxygen atoms in total. The van der Waals surface area contributed by atoms with E-state index in [4.69, 9.17) is 4.74 Å². The van der Waals surface area contributed by atoms with Gasteiger partial charge in [0.15, 0.2) is 0 Å². The molecule has 106 valence electrons. The zero-order valence-corrected chi connectivity index (χ0v) is 12.2.